The van der Waals surface area contributed by atoms with Gasteiger partial charge in [0.15, 0.2) is 11.6 Å². The molecule has 0 aliphatic rings. The number of rotatable bonds is 5. The Morgan fingerprint density at radius 1 is 1.14 bits per heavy atom. The Balaban J connectivity index is 2.15. The van der Waals surface area contributed by atoms with Crippen LogP contribution in [0.2, 0.25) is 5.02 Å². The third-order valence-electron chi connectivity index (χ3n) is 3.14. The Hall–Kier alpha value is -1.10. The summed E-state index contributed by atoms with van der Waals surface area (Å²) < 4.78 is 26.1. The number of hydrogen-bond donors (Lipinski definition) is 1. The fraction of sp³-hybridized carbons (Fsp3) is 0.250. The third-order valence-corrected chi connectivity index (χ3v) is 4.63. The maximum Gasteiger partial charge on any atom is 0.159 e. The molecule has 0 heterocycles. The van der Waals surface area contributed by atoms with Crippen molar-refractivity contribution in [1.82, 2.24) is 0 Å². The molecule has 0 amide bonds. The van der Waals surface area contributed by atoms with E-state index in [1.54, 1.807) is 0 Å². The lowest BCUT2D eigenvalue weighted by molar-refractivity contribution is 0.506. The van der Waals surface area contributed by atoms with Crippen LogP contribution in [0.25, 0.3) is 0 Å². The molecule has 2 aromatic carbocycles. The van der Waals surface area contributed by atoms with Gasteiger partial charge in [0.1, 0.15) is 0 Å². The summed E-state index contributed by atoms with van der Waals surface area (Å²) >= 11 is 7.55. The minimum absolute atomic E-state index is 0.116. The van der Waals surface area contributed by atoms with Crippen molar-refractivity contribution in [2.45, 2.75) is 35.6 Å². The highest BCUT2D eigenvalue weighted by Crippen LogP contribution is 2.34. The Bertz CT molecular complexity index is 634. The highest BCUT2D eigenvalue weighted by atomic mass is 35.5. The third kappa shape index (κ3) is 4.43. The van der Waals surface area contributed by atoms with Gasteiger partial charge in [-0.2, -0.15) is 0 Å². The van der Waals surface area contributed by atoms with Crippen LogP contribution < -0.4 is 5.73 Å². The highest BCUT2D eigenvalue weighted by Gasteiger charge is 2.09. The molecule has 112 valence electrons. The highest BCUT2D eigenvalue weighted by molar-refractivity contribution is 7.99. The zero-order valence-electron chi connectivity index (χ0n) is 11.6. The Labute approximate surface area is 132 Å². The fourth-order valence-electron chi connectivity index (χ4n) is 1.87. The molecule has 1 unspecified atom stereocenters. The van der Waals surface area contributed by atoms with Gasteiger partial charge in [0, 0.05) is 15.8 Å². The van der Waals surface area contributed by atoms with Gasteiger partial charge in [-0.15, -0.1) is 0 Å². The van der Waals surface area contributed by atoms with Gasteiger partial charge in [-0.25, -0.2) is 8.78 Å². The second kappa shape index (κ2) is 7.25. The summed E-state index contributed by atoms with van der Waals surface area (Å²) in [4.78, 5) is 1.41. The van der Waals surface area contributed by atoms with E-state index in [1.165, 1.54) is 17.8 Å². The van der Waals surface area contributed by atoms with Crippen molar-refractivity contribution in [3.63, 3.8) is 0 Å². The molecule has 5 heteroatoms. The molecule has 0 aromatic heterocycles. The summed E-state index contributed by atoms with van der Waals surface area (Å²) in [5, 5.41) is 0.588. The van der Waals surface area contributed by atoms with Gasteiger partial charge in [0.05, 0.1) is 5.02 Å². The molecular weight excluding hydrogens is 312 g/mol. The van der Waals surface area contributed by atoms with E-state index in [0.29, 0.717) is 9.92 Å². The lowest BCUT2D eigenvalue weighted by Gasteiger charge is -2.11. The quantitative estimate of drug-likeness (QED) is 0.831. The van der Waals surface area contributed by atoms with E-state index in [-0.39, 0.29) is 6.04 Å². The van der Waals surface area contributed by atoms with Crippen molar-refractivity contribution in [2.24, 2.45) is 5.73 Å². The van der Waals surface area contributed by atoms with Crippen LogP contribution in [0.3, 0.4) is 0 Å². The summed E-state index contributed by atoms with van der Waals surface area (Å²) in [5.74, 6) is -1.71. The van der Waals surface area contributed by atoms with Crippen LogP contribution in [-0.4, -0.2) is 6.04 Å². The summed E-state index contributed by atoms with van der Waals surface area (Å²) in [5.41, 5.74) is 7.00. The summed E-state index contributed by atoms with van der Waals surface area (Å²) in [6.07, 6.45) is 1.68. The molecule has 2 rings (SSSR count). The molecule has 0 fully saturated rings. The lowest BCUT2D eigenvalue weighted by atomic mass is 10.1. The average Bonchev–Trinajstić information content (AvgIpc) is 2.45. The Kier molecular flexibility index (Phi) is 5.62. The fourth-order valence-corrected chi connectivity index (χ4v) is 3.03. The molecule has 21 heavy (non-hydrogen) atoms. The second-order valence-corrected chi connectivity index (χ2v) is 6.34. The van der Waals surface area contributed by atoms with Gasteiger partial charge >= 0.3 is 0 Å². The average molecular weight is 328 g/mol. The van der Waals surface area contributed by atoms with Crippen molar-refractivity contribution < 1.29 is 8.78 Å². The molecule has 0 bridgehead atoms. The molecule has 0 spiro atoms. The van der Waals surface area contributed by atoms with Crippen molar-refractivity contribution in [3.8, 4) is 0 Å². The van der Waals surface area contributed by atoms with Gasteiger partial charge in [0.2, 0.25) is 0 Å². The predicted molar refractivity (Wildman–Crippen MR) is 83.9 cm³/mol. The maximum absolute atomic E-state index is 13.2. The molecule has 0 saturated heterocycles. The van der Waals surface area contributed by atoms with Gasteiger partial charge in [-0.05, 0) is 48.7 Å². The molecule has 0 aliphatic carbocycles. The van der Waals surface area contributed by atoms with E-state index in [9.17, 15) is 8.78 Å². The monoisotopic (exact) mass is 327 g/mol. The largest absolute Gasteiger partial charge is 0.327 e. The second-order valence-electron chi connectivity index (χ2n) is 4.82. The summed E-state index contributed by atoms with van der Waals surface area (Å²) in [6.45, 7) is 2.04. The molecular formula is C16H16ClF2NS. The first-order chi connectivity index (χ1) is 9.99. The van der Waals surface area contributed by atoms with E-state index in [2.05, 4.69) is 0 Å². The SMILES string of the molecule is CCC(N)Cc1ccc(Sc2ccc(F)c(F)c2)c(Cl)c1. The summed E-state index contributed by atoms with van der Waals surface area (Å²) in [7, 11) is 0. The van der Waals surface area contributed by atoms with Gasteiger partial charge < -0.3 is 5.73 Å². The minimum Gasteiger partial charge on any atom is -0.327 e. The zero-order valence-corrected chi connectivity index (χ0v) is 13.1. The Morgan fingerprint density at radius 2 is 1.90 bits per heavy atom. The minimum atomic E-state index is -0.860. The van der Waals surface area contributed by atoms with Gasteiger partial charge in [0.25, 0.3) is 0 Å². The molecule has 1 atom stereocenters. The van der Waals surface area contributed by atoms with Crippen LogP contribution in [0, 0.1) is 11.6 Å². The smallest absolute Gasteiger partial charge is 0.159 e. The molecule has 0 saturated carbocycles. The predicted octanol–water partition coefficient (Wildman–Crippen LogP) is 5.05. The van der Waals surface area contributed by atoms with Crippen molar-refractivity contribution >= 4 is 23.4 Å². The normalized spacial score (nSPS) is 12.4. The zero-order chi connectivity index (χ0) is 15.4. The van der Waals surface area contributed by atoms with Crippen LogP contribution in [0.1, 0.15) is 18.9 Å². The van der Waals surface area contributed by atoms with Crippen molar-refractivity contribution in [3.05, 3.63) is 58.6 Å². The molecule has 2 N–H and O–H groups in total. The first-order valence-electron chi connectivity index (χ1n) is 6.66. The topological polar surface area (TPSA) is 26.0 Å². The van der Waals surface area contributed by atoms with Crippen molar-refractivity contribution in [1.29, 1.82) is 0 Å². The van der Waals surface area contributed by atoms with E-state index in [4.69, 9.17) is 17.3 Å². The van der Waals surface area contributed by atoms with Crippen LogP contribution in [-0.2, 0) is 6.42 Å². The molecule has 0 aliphatic heterocycles. The van der Waals surface area contributed by atoms with Crippen LogP contribution in [0.5, 0.6) is 0 Å². The number of benzene rings is 2. The first-order valence-corrected chi connectivity index (χ1v) is 7.86. The van der Waals surface area contributed by atoms with Crippen molar-refractivity contribution in [2.75, 3.05) is 0 Å². The number of nitrogens with two attached hydrogens (primary N) is 1. The van der Waals surface area contributed by atoms with Gasteiger partial charge in [-0.3, -0.25) is 0 Å². The summed E-state index contributed by atoms with van der Waals surface area (Å²) in [6, 6.07) is 9.64. The van der Waals surface area contributed by atoms with Crippen LogP contribution in [0.15, 0.2) is 46.2 Å². The van der Waals surface area contributed by atoms with Crippen LogP contribution in [0.4, 0.5) is 8.78 Å². The first kappa shape index (κ1) is 16.3. The van der Waals surface area contributed by atoms with E-state index in [1.807, 2.05) is 25.1 Å². The lowest BCUT2D eigenvalue weighted by Crippen LogP contribution is -2.21. The van der Waals surface area contributed by atoms with E-state index >= 15 is 0 Å². The molecule has 2 aromatic rings. The van der Waals surface area contributed by atoms with Gasteiger partial charge in [-0.1, -0.05) is 36.4 Å². The van der Waals surface area contributed by atoms with E-state index in [0.717, 1.165) is 35.4 Å². The standard InChI is InChI=1S/C16H16ClF2NS/c1-2-11(20)7-10-3-6-16(13(17)8-10)21-12-4-5-14(18)15(19)9-12/h3-6,8-9,11H,2,7,20H2,1H3. The maximum atomic E-state index is 13.2. The van der Waals surface area contributed by atoms with Crippen LogP contribution >= 0.6 is 23.4 Å². The number of halogens is 3. The van der Waals surface area contributed by atoms with E-state index < -0.39 is 11.6 Å². The molecule has 1 nitrogen and oxygen atoms in total. The Morgan fingerprint density at radius 3 is 2.52 bits per heavy atom. The number of hydrogen-bond acceptors (Lipinski definition) is 2. The molecule has 0 radical (unpaired) electrons.